The van der Waals surface area contributed by atoms with Crippen LogP contribution in [0.4, 0.5) is 0 Å². The van der Waals surface area contributed by atoms with Crippen molar-refractivity contribution in [1.82, 2.24) is 0 Å². The molecule has 0 aliphatic heterocycles. The lowest BCUT2D eigenvalue weighted by Gasteiger charge is -2.06. The fourth-order valence-corrected chi connectivity index (χ4v) is 1.91. The standard InChI is InChI=1S/C5H9NO3S2/c1-3-4(10-2)5(6)11(7,8)9/h3-4,6H,1H2,2H3,(H,7,8,9). The Labute approximate surface area is 69.9 Å². The second kappa shape index (κ2) is 3.89. The van der Waals surface area contributed by atoms with Crippen LogP contribution in [0.5, 0.6) is 0 Å². The molecule has 0 fully saturated rings. The number of hydrogen-bond donors (Lipinski definition) is 2. The maximum atomic E-state index is 10.4. The van der Waals surface area contributed by atoms with Crippen LogP contribution in [0.25, 0.3) is 0 Å². The molecule has 0 aromatic rings. The van der Waals surface area contributed by atoms with E-state index in [0.717, 1.165) is 11.8 Å². The van der Waals surface area contributed by atoms with E-state index in [0.29, 0.717) is 0 Å². The zero-order valence-corrected chi connectivity index (χ0v) is 7.58. The van der Waals surface area contributed by atoms with Crippen LogP contribution in [-0.2, 0) is 10.1 Å². The first-order valence-corrected chi connectivity index (χ1v) is 5.37. The van der Waals surface area contributed by atoms with Crippen molar-refractivity contribution >= 4 is 26.9 Å². The van der Waals surface area contributed by atoms with Crippen LogP contribution in [0.3, 0.4) is 0 Å². The fraction of sp³-hybridized carbons (Fsp3) is 0.400. The third-order valence-corrected chi connectivity index (χ3v) is 2.90. The predicted molar refractivity (Wildman–Crippen MR) is 46.8 cm³/mol. The van der Waals surface area contributed by atoms with Crippen LogP contribution in [0.1, 0.15) is 0 Å². The summed E-state index contributed by atoms with van der Waals surface area (Å²) in [6, 6.07) is 0. The van der Waals surface area contributed by atoms with Gasteiger partial charge in [-0.15, -0.1) is 6.58 Å². The van der Waals surface area contributed by atoms with Crippen LogP contribution in [0.15, 0.2) is 12.7 Å². The molecule has 0 rings (SSSR count). The van der Waals surface area contributed by atoms with E-state index in [9.17, 15) is 8.42 Å². The second-order valence-corrected chi connectivity index (χ2v) is 4.10. The van der Waals surface area contributed by atoms with Gasteiger partial charge in [-0.25, -0.2) is 0 Å². The zero-order chi connectivity index (χ0) is 9.07. The molecule has 0 aliphatic carbocycles. The lowest BCUT2D eigenvalue weighted by atomic mass is 10.4. The number of nitrogens with one attached hydrogen (secondary N) is 1. The Kier molecular flexibility index (Phi) is 3.77. The molecule has 11 heavy (non-hydrogen) atoms. The Bertz CT molecular complexity index is 257. The van der Waals surface area contributed by atoms with Gasteiger partial charge in [0.15, 0.2) is 5.04 Å². The summed E-state index contributed by atoms with van der Waals surface area (Å²) < 4.78 is 29.1. The summed E-state index contributed by atoms with van der Waals surface area (Å²) in [5.74, 6) is 0. The quantitative estimate of drug-likeness (QED) is 0.302. The van der Waals surface area contributed by atoms with Gasteiger partial charge in [-0.3, -0.25) is 9.96 Å². The Morgan fingerprint density at radius 3 is 2.36 bits per heavy atom. The van der Waals surface area contributed by atoms with Crippen molar-refractivity contribution in [3.63, 3.8) is 0 Å². The van der Waals surface area contributed by atoms with Crippen molar-refractivity contribution in [2.24, 2.45) is 0 Å². The third-order valence-electron chi connectivity index (χ3n) is 1.00. The summed E-state index contributed by atoms with van der Waals surface area (Å²) in [5.41, 5.74) is 0. The summed E-state index contributed by atoms with van der Waals surface area (Å²) >= 11 is 1.12. The molecule has 0 bridgehead atoms. The Morgan fingerprint density at radius 2 is 2.27 bits per heavy atom. The zero-order valence-electron chi connectivity index (χ0n) is 5.94. The van der Waals surface area contributed by atoms with E-state index in [1.165, 1.54) is 6.08 Å². The van der Waals surface area contributed by atoms with E-state index in [2.05, 4.69) is 6.58 Å². The number of thioether (sulfide) groups is 1. The van der Waals surface area contributed by atoms with E-state index < -0.39 is 20.4 Å². The van der Waals surface area contributed by atoms with Crippen molar-refractivity contribution in [3.05, 3.63) is 12.7 Å². The Hall–Kier alpha value is -0.330. The molecule has 6 heteroatoms. The summed E-state index contributed by atoms with van der Waals surface area (Å²) in [7, 11) is -4.33. The molecule has 0 heterocycles. The van der Waals surface area contributed by atoms with E-state index in [4.69, 9.17) is 9.96 Å². The average molecular weight is 195 g/mol. The topological polar surface area (TPSA) is 78.2 Å². The molecule has 0 amide bonds. The largest absolute Gasteiger partial charge is 0.308 e. The van der Waals surface area contributed by atoms with E-state index in [1.54, 1.807) is 6.26 Å². The molecular formula is C5H9NO3S2. The summed E-state index contributed by atoms with van der Waals surface area (Å²) in [6.07, 6.45) is 2.92. The minimum atomic E-state index is -4.33. The van der Waals surface area contributed by atoms with Gasteiger partial charge in [0.1, 0.15) is 0 Å². The highest BCUT2D eigenvalue weighted by atomic mass is 32.2. The molecule has 0 radical (unpaired) electrons. The van der Waals surface area contributed by atoms with Crippen LogP contribution < -0.4 is 0 Å². The van der Waals surface area contributed by atoms with Crippen molar-refractivity contribution < 1.29 is 13.0 Å². The van der Waals surface area contributed by atoms with Gasteiger partial charge in [0.25, 0.3) is 0 Å². The van der Waals surface area contributed by atoms with E-state index in [-0.39, 0.29) is 0 Å². The van der Waals surface area contributed by atoms with Crippen LogP contribution in [0.2, 0.25) is 0 Å². The molecule has 2 N–H and O–H groups in total. The normalized spacial score (nSPS) is 14.0. The van der Waals surface area contributed by atoms with Gasteiger partial charge in [-0.2, -0.15) is 20.2 Å². The smallest absolute Gasteiger partial charge is 0.290 e. The van der Waals surface area contributed by atoms with Crippen molar-refractivity contribution in [3.8, 4) is 0 Å². The highest BCUT2D eigenvalue weighted by Gasteiger charge is 2.21. The van der Waals surface area contributed by atoms with Gasteiger partial charge in [-0.05, 0) is 6.26 Å². The summed E-state index contributed by atoms with van der Waals surface area (Å²) in [6.45, 7) is 3.33. The highest BCUT2D eigenvalue weighted by molar-refractivity contribution is 8.07. The molecule has 1 unspecified atom stereocenters. The van der Waals surface area contributed by atoms with Gasteiger partial charge in [0, 0.05) is 0 Å². The van der Waals surface area contributed by atoms with Gasteiger partial charge >= 0.3 is 10.1 Å². The first-order chi connectivity index (χ1) is 4.93. The molecule has 4 nitrogen and oxygen atoms in total. The SMILES string of the molecule is C=CC(SC)C(=N)S(=O)(=O)O. The van der Waals surface area contributed by atoms with E-state index >= 15 is 0 Å². The van der Waals surface area contributed by atoms with Crippen LogP contribution in [0, 0.1) is 5.41 Å². The predicted octanol–water partition coefficient (Wildman–Crippen LogP) is 0.769. The molecular weight excluding hydrogens is 186 g/mol. The molecule has 0 saturated heterocycles. The summed E-state index contributed by atoms with van der Waals surface area (Å²) in [4.78, 5) is 0. The van der Waals surface area contributed by atoms with Gasteiger partial charge in [-0.1, -0.05) is 6.08 Å². The third kappa shape index (κ3) is 3.04. The minimum Gasteiger partial charge on any atom is -0.290 e. The van der Waals surface area contributed by atoms with Crippen molar-refractivity contribution in [2.75, 3.05) is 6.26 Å². The van der Waals surface area contributed by atoms with Crippen LogP contribution in [-0.4, -0.2) is 29.5 Å². The van der Waals surface area contributed by atoms with Gasteiger partial charge < -0.3 is 0 Å². The van der Waals surface area contributed by atoms with Gasteiger partial charge in [0.05, 0.1) is 5.25 Å². The van der Waals surface area contributed by atoms with E-state index in [1.807, 2.05) is 0 Å². The van der Waals surface area contributed by atoms with Crippen molar-refractivity contribution in [1.29, 1.82) is 5.41 Å². The Morgan fingerprint density at radius 1 is 1.82 bits per heavy atom. The second-order valence-electron chi connectivity index (χ2n) is 1.73. The first-order valence-electron chi connectivity index (χ1n) is 2.64. The molecule has 64 valence electrons. The fourth-order valence-electron chi connectivity index (χ4n) is 0.457. The van der Waals surface area contributed by atoms with Gasteiger partial charge in [0.2, 0.25) is 0 Å². The molecule has 0 saturated carbocycles. The molecule has 1 atom stereocenters. The highest BCUT2D eigenvalue weighted by Crippen LogP contribution is 2.11. The minimum absolute atomic E-state index is 0.662. The lowest BCUT2D eigenvalue weighted by molar-refractivity contribution is 0.497. The maximum Gasteiger partial charge on any atom is 0.308 e. The summed E-state index contributed by atoms with van der Waals surface area (Å²) in [5, 5.41) is 5.58. The maximum absolute atomic E-state index is 10.4. The molecule has 0 aromatic carbocycles. The number of hydrogen-bond acceptors (Lipinski definition) is 4. The van der Waals surface area contributed by atoms with Crippen molar-refractivity contribution in [2.45, 2.75) is 5.25 Å². The number of rotatable bonds is 3. The average Bonchev–Trinajstić information content (AvgIpc) is 1.88. The van der Waals surface area contributed by atoms with Crippen LogP contribution >= 0.6 is 11.8 Å². The Balaban J connectivity index is 4.61. The molecule has 0 spiro atoms. The molecule has 0 aromatic heterocycles. The molecule has 0 aliphatic rings. The first kappa shape index (κ1) is 10.7. The monoisotopic (exact) mass is 195 g/mol. The lowest BCUT2D eigenvalue weighted by Crippen LogP contribution is -2.22.